The molecule has 5 unspecified atom stereocenters. The molecular formula is C95H100Cl5F6N21O6S5. The number of carbonyl (C=O) groups is 6. The molecule has 43 heteroatoms. The minimum absolute atomic E-state index is 0.000376. The van der Waals surface area contributed by atoms with E-state index in [0.717, 1.165) is 70.3 Å². The van der Waals surface area contributed by atoms with Crippen molar-refractivity contribution in [3.63, 3.8) is 0 Å². The van der Waals surface area contributed by atoms with E-state index in [1.807, 2.05) is 116 Å². The van der Waals surface area contributed by atoms with E-state index in [0.29, 0.717) is 101 Å². The monoisotopic (exact) mass is 2080 g/mol. The zero-order chi connectivity index (χ0) is 100. The number of nitrogens with zero attached hydrogens (tertiary/aromatic N) is 21. The molecule has 10 aromatic heterocycles. The average Bonchev–Trinajstić information content (AvgIpc) is 1.63. The Bertz CT molecular complexity index is 6110. The predicted molar refractivity (Wildman–Crippen MR) is 543 cm³/mol. The lowest BCUT2D eigenvalue weighted by Gasteiger charge is -2.23. The lowest BCUT2D eigenvalue weighted by Crippen LogP contribution is -2.38. The van der Waals surface area contributed by atoms with Crippen LogP contribution in [0.15, 0.2) is 232 Å². The lowest BCUT2D eigenvalue weighted by atomic mass is 10.1. The second-order valence-corrected chi connectivity index (χ2v) is 37.5. The molecule has 3 aromatic carbocycles. The van der Waals surface area contributed by atoms with Gasteiger partial charge in [-0.1, -0.05) is 145 Å². The third-order valence-electron chi connectivity index (χ3n) is 20.6. The molecule has 13 rings (SSSR count). The van der Waals surface area contributed by atoms with Gasteiger partial charge in [0.1, 0.15) is 28.4 Å². The van der Waals surface area contributed by atoms with E-state index < -0.39 is 28.7 Å². The molecule has 13 aromatic rings. The van der Waals surface area contributed by atoms with Crippen molar-refractivity contribution in [2.75, 3.05) is 87.5 Å². The second-order valence-electron chi connectivity index (χ2n) is 30.0. The number of carbonyl (C=O) groups excluding carboxylic acids is 6. The quantitative estimate of drug-likeness (QED) is 0.0263. The Balaban J connectivity index is 0.000000194. The van der Waals surface area contributed by atoms with Crippen molar-refractivity contribution in [3.05, 3.63) is 286 Å². The number of pyridine rings is 5. The molecule has 10 heterocycles. The van der Waals surface area contributed by atoms with Crippen LogP contribution in [0, 0.1) is 23.2 Å². The van der Waals surface area contributed by atoms with Gasteiger partial charge in [0, 0.05) is 136 Å². The van der Waals surface area contributed by atoms with E-state index in [4.69, 9.17) is 63.3 Å². The fourth-order valence-corrected chi connectivity index (χ4v) is 18.8. The summed E-state index contributed by atoms with van der Waals surface area (Å²) in [6, 6.07) is 40.3. The van der Waals surface area contributed by atoms with Crippen molar-refractivity contribution in [3.8, 4) is 34.5 Å². The Hall–Kier alpha value is -11.3. The maximum absolute atomic E-state index is 13.1. The van der Waals surface area contributed by atoms with Crippen molar-refractivity contribution in [2.45, 2.75) is 115 Å². The highest BCUT2D eigenvalue weighted by Crippen LogP contribution is 2.40. The number of benzene rings is 3. The summed E-state index contributed by atoms with van der Waals surface area (Å²) in [5, 5.41) is 30.0. The Labute approximate surface area is 842 Å². The molecule has 27 nitrogen and oxygen atoms in total. The van der Waals surface area contributed by atoms with Gasteiger partial charge in [0.2, 0.25) is 29.5 Å². The van der Waals surface area contributed by atoms with Gasteiger partial charge in [-0.15, -0.1) is 0 Å². The lowest BCUT2D eigenvalue weighted by molar-refractivity contribution is -0.138. The molecule has 5 amide bonds. The van der Waals surface area contributed by atoms with Gasteiger partial charge < -0.3 is 24.5 Å². The molecule has 138 heavy (non-hydrogen) atoms. The fraction of sp³-hybridized carbons (Fsp3) is 0.316. The standard InChI is InChI=1S/C21H20ClF3N4OS.C21H23ClN4OS.C20H18ClF3N4OS.C17H20ClN5OS.C16H19ClN4O2S/c1-3-28(17-13-29(27-20(17)22)16-5-4-10-26-12-16)19(30)11-18(31-2)14-6-8-15(9-7-14)21(23,24)25;1-3-25(19-13-26(24-20(19)22)18-10-7-11-23-12-18)21(27)16(2)14-28-15-17-8-5-4-6-9-17;1-27(16-12-28(26-19(16)21)15-4-3-9-25-11-15)18(29)10-17(30-2)13-5-7-14(8-6-13)20(22,23)24;1-3-22(17(24)13(2)12-25-9-5-7-19)15-11-23(21-16(15)18)14-6-4-8-20-10-14;1-4-14(24-11(3)22)16(23)20(5-2)13-10-21(19-15(13)17)12-7-6-8-18-9-12/h4-10,12-13,18H,3,11H2,1-2H3;4-13,16H,3,14-15H2,1-2H3;3-9,11-12,17H,10H2,1-2H3;4,6,8,10-11,13H,3,5,9,12H2,1-2H3;6-10,14H,4-5H2,1-3H3. The van der Waals surface area contributed by atoms with Crippen LogP contribution in [0.25, 0.3) is 28.4 Å². The number of thioether (sulfide) groups is 5. The van der Waals surface area contributed by atoms with Crippen LogP contribution in [0.2, 0.25) is 25.8 Å². The van der Waals surface area contributed by atoms with Gasteiger partial charge in [0.25, 0.3) is 0 Å². The summed E-state index contributed by atoms with van der Waals surface area (Å²) in [5.74, 6) is 2.24. The normalized spacial score (nSPS) is 12.2. The Morgan fingerprint density at radius 1 is 0.428 bits per heavy atom. The maximum Gasteiger partial charge on any atom is 0.416 e. The first-order valence-corrected chi connectivity index (χ1v) is 50.7. The topological polar surface area (TPSA) is 296 Å². The van der Waals surface area contributed by atoms with Gasteiger partial charge in [-0.3, -0.25) is 53.7 Å². The number of halogens is 11. The van der Waals surface area contributed by atoms with E-state index in [9.17, 15) is 55.1 Å². The second kappa shape index (κ2) is 54.4. The minimum atomic E-state index is -4.40. The zero-order valence-corrected chi connectivity index (χ0v) is 84.7. The number of alkyl halides is 6. The van der Waals surface area contributed by atoms with E-state index in [1.165, 1.54) is 74.8 Å². The van der Waals surface area contributed by atoms with Crippen molar-refractivity contribution in [1.29, 1.82) is 5.26 Å². The molecule has 0 saturated heterocycles. The number of anilines is 5. The summed E-state index contributed by atoms with van der Waals surface area (Å²) in [6.45, 7) is 16.6. The van der Waals surface area contributed by atoms with Crippen molar-refractivity contribution >= 4 is 180 Å². The molecule has 0 radical (unpaired) electrons. The van der Waals surface area contributed by atoms with Crippen LogP contribution in [-0.4, -0.2) is 177 Å². The van der Waals surface area contributed by atoms with Crippen LogP contribution in [0.4, 0.5) is 54.8 Å². The van der Waals surface area contributed by atoms with E-state index >= 15 is 0 Å². The van der Waals surface area contributed by atoms with Crippen LogP contribution in [-0.2, 0) is 46.9 Å². The maximum atomic E-state index is 13.1. The van der Waals surface area contributed by atoms with Crippen LogP contribution < -0.4 is 24.5 Å². The summed E-state index contributed by atoms with van der Waals surface area (Å²) < 4.78 is 84.7. The summed E-state index contributed by atoms with van der Waals surface area (Å²) in [6.07, 6.45) is 21.2. The highest BCUT2D eigenvalue weighted by atomic mass is 35.5. The molecule has 0 aliphatic carbocycles. The number of hydrogen-bond donors (Lipinski definition) is 0. The van der Waals surface area contributed by atoms with Gasteiger partial charge in [0.15, 0.2) is 30.9 Å². The molecule has 0 aliphatic heterocycles. The Kier molecular flexibility index (Phi) is 43.5. The minimum Gasteiger partial charge on any atom is -0.311 e. The van der Waals surface area contributed by atoms with Crippen LogP contribution in [0.5, 0.6) is 0 Å². The summed E-state index contributed by atoms with van der Waals surface area (Å²) in [5.41, 5.74) is 7.48. The molecule has 0 aliphatic rings. The highest BCUT2D eigenvalue weighted by molar-refractivity contribution is 8.14. The van der Waals surface area contributed by atoms with Gasteiger partial charge >= 0.3 is 12.4 Å². The SMILES string of the molecule is CCC(SC(C)=O)C(=O)N(CC)c1cn(-c2cccnc2)nc1Cl.CCN(C(=O)C(C)CSCCC#N)c1cn(-c2cccnc2)nc1Cl.CCN(C(=O)C(C)CSCc1ccccc1)c1cn(-c2cccnc2)nc1Cl.CCN(C(=O)CC(SC)c1ccc(C(F)(F)F)cc1)c1cn(-c2cccnc2)nc1Cl.CSC(CC(=O)N(C)c1cn(-c2cccnc2)nc1Cl)c1ccc(C(F)(F)F)cc1. The third-order valence-corrected chi connectivity index (χ3v) is 27.6. The van der Waals surface area contributed by atoms with Crippen molar-refractivity contribution < 1.29 is 55.1 Å². The Morgan fingerprint density at radius 3 is 1.05 bits per heavy atom. The van der Waals surface area contributed by atoms with Gasteiger partial charge in [0.05, 0.1) is 113 Å². The number of nitriles is 1. The number of hydrogen-bond acceptors (Lipinski definition) is 22. The zero-order valence-electron chi connectivity index (χ0n) is 76.9. The van der Waals surface area contributed by atoms with E-state index in [1.54, 1.807) is 181 Å². The molecule has 5 atom stereocenters. The first-order chi connectivity index (χ1) is 66.1. The first-order valence-electron chi connectivity index (χ1n) is 43.0. The summed E-state index contributed by atoms with van der Waals surface area (Å²) in [7, 11) is 1.59. The Morgan fingerprint density at radius 2 is 0.746 bits per heavy atom. The smallest absolute Gasteiger partial charge is 0.311 e. The summed E-state index contributed by atoms with van der Waals surface area (Å²) in [4.78, 5) is 104. The van der Waals surface area contributed by atoms with E-state index in [2.05, 4.69) is 68.6 Å². The molecule has 0 bridgehead atoms. The van der Waals surface area contributed by atoms with Gasteiger partial charge in [-0.2, -0.15) is 104 Å². The van der Waals surface area contributed by atoms with Gasteiger partial charge in [-0.05, 0) is 148 Å². The largest absolute Gasteiger partial charge is 0.416 e. The van der Waals surface area contributed by atoms with E-state index in [-0.39, 0.29) is 90.4 Å². The van der Waals surface area contributed by atoms with Gasteiger partial charge in [-0.25, -0.2) is 23.4 Å². The predicted octanol–water partition coefficient (Wildman–Crippen LogP) is 22.9. The highest BCUT2D eigenvalue weighted by Gasteiger charge is 2.35. The number of amides is 5. The van der Waals surface area contributed by atoms with Crippen molar-refractivity contribution in [1.82, 2.24) is 73.8 Å². The molecule has 0 saturated carbocycles. The molecule has 0 N–H and O–H groups in total. The molecular weight excluding hydrogens is 1980 g/mol. The summed E-state index contributed by atoms with van der Waals surface area (Å²) >= 11 is 38.6. The molecule has 0 spiro atoms. The molecule has 728 valence electrons. The van der Waals surface area contributed by atoms with Crippen LogP contribution >= 0.6 is 117 Å². The number of rotatable bonds is 35. The van der Waals surface area contributed by atoms with Crippen LogP contribution in [0.1, 0.15) is 119 Å². The molecule has 0 fully saturated rings. The van der Waals surface area contributed by atoms with Crippen molar-refractivity contribution in [2.24, 2.45) is 11.8 Å². The first kappa shape index (κ1) is 110. The number of aromatic nitrogens is 15. The third kappa shape index (κ3) is 31.4. The average molecular weight is 2080 g/mol. The fourth-order valence-electron chi connectivity index (χ4n) is 13.4. The van der Waals surface area contributed by atoms with Crippen LogP contribution in [0.3, 0.4) is 0 Å².